The van der Waals surface area contributed by atoms with Gasteiger partial charge in [-0.05, 0) is 51.5 Å². The van der Waals surface area contributed by atoms with E-state index < -0.39 is 0 Å². The molecule has 0 aliphatic heterocycles. The molecule has 1 aliphatic rings. The summed E-state index contributed by atoms with van der Waals surface area (Å²) in [6.07, 6.45) is 4.29. The third-order valence-corrected chi connectivity index (χ3v) is 4.21. The molecule has 0 bridgehead atoms. The zero-order valence-corrected chi connectivity index (χ0v) is 13.4. The van der Waals surface area contributed by atoms with Gasteiger partial charge in [0.15, 0.2) is 0 Å². The van der Waals surface area contributed by atoms with Gasteiger partial charge in [0.25, 0.3) is 0 Å². The van der Waals surface area contributed by atoms with E-state index in [9.17, 15) is 0 Å². The predicted octanol–water partition coefficient (Wildman–Crippen LogP) is 3.23. The van der Waals surface area contributed by atoms with Gasteiger partial charge < -0.3 is 14.8 Å². The third kappa shape index (κ3) is 5.80. The van der Waals surface area contributed by atoms with Crippen LogP contribution in [0.25, 0.3) is 0 Å². The fourth-order valence-corrected chi connectivity index (χ4v) is 3.03. The van der Waals surface area contributed by atoms with Crippen LogP contribution < -0.4 is 5.32 Å². The maximum atomic E-state index is 6.25. The third-order valence-electron chi connectivity index (χ3n) is 4.21. The average molecular weight is 271 g/mol. The molecule has 0 aromatic carbocycles. The lowest BCUT2D eigenvalue weighted by Crippen LogP contribution is -2.47. The Hall–Kier alpha value is -0.120. The molecule has 1 saturated carbocycles. The van der Waals surface area contributed by atoms with Crippen LogP contribution in [0.5, 0.6) is 0 Å². The molecule has 114 valence electrons. The first-order valence-corrected chi connectivity index (χ1v) is 8.05. The Morgan fingerprint density at radius 1 is 1.16 bits per heavy atom. The summed E-state index contributed by atoms with van der Waals surface area (Å²) >= 11 is 0. The number of hydrogen-bond acceptors (Lipinski definition) is 3. The minimum absolute atomic E-state index is 0.192. The molecular formula is C16H33NO2. The van der Waals surface area contributed by atoms with Crippen LogP contribution in [-0.2, 0) is 9.47 Å². The lowest BCUT2D eigenvalue weighted by atomic mass is 9.78. The molecule has 4 unspecified atom stereocenters. The first-order valence-electron chi connectivity index (χ1n) is 8.05. The fourth-order valence-electron chi connectivity index (χ4n) is 3.03. The van der Waals surface area contributed by atoms with Crippen LogP contribution in [0.3, 0.4) is 0 Å². The van der Waals surface area contributed by atoms with Crippen molar-refractivity contribution in [1.82, 2.24) is 5.32 Å². The maximum absolute atomic E-state index is 6.25. The first kappa shape index (κ1) is 16.9. The van der Waals surface area contributed by atoms with E-state index in [-0.39, 0.29) is 6.10 Å². The van der Waals surface area contributed by atoms with Gasteiger partial charge in [-0.25, -0.2) is 0 Å². The molecule has 0 radical (unpaired) electrons. The molecule has 3 nitrogen and oxygen atoms in total. The van der Waals surface area contributed by atoms with Crippen LogP contribution in [0.15, 0.2) is 0 Å². The second kappa shape index (κ2) is 8.93. The van der Waals surface area contributed by atoms with E-state index in [4.69, 9.17) is 9.47 Å². The van der Waals surface area contributed by atoms with E-state index in [1.54, 1.807) is 0 Å². The number of rotatable bonds is 8. The smallest absolute Gasteiger partial charge is 0.0785 e. The highest BCUT2D eigenvalue weighted by Gasteiger charge is 2.32. The Kier molecular flexibility index (Phi) is 7.96. The predicted molar refractivity (Wildman–Crippen MR) is 80.5 cm³/mol. The summed E-state index contributed by atoms with van der Waals surface area (Å²) in [4.78, 5) is 0. The van der Waals surface area contributed by atoms with Gasteiger partial charge in [0.05, 0.1) is 18.8 Å². The van der Waals surface area contributed by atoms with Crippen molar-refractivity contribution in [3.63, 3.8) is 0 Å². The summed E-state index contributed by atoms with van der Waals surface area (Å²) in [7, 11) is 0. The van der Waals surface area contributed by atoms with E-state index in [1.165, 1.54) is 19.3 Å². The van der Waals surface area contributed by atoms with Gasteiger partial charge in [0.2, 0.25) is 0 Å². The molecule has 1 rings (SSSR count). The van der Waals surface area contributed by atoms with Crippen LogP contribution in [0.4, 0.5) is 0 Å². The van der Waals surface area contributed by atoms with E-state index in [0.717, 1.165) is 25.0 Å². The molecule has 0 spiro atoms. The Labute approximate surface area is 119 Å². The van der Waals surface area contributed by atoms with Gasteiger partial charge in [0, 0.05) is 12.6 Å². The normalized spacial score (nSPS) is 29.7. The van der Waals surface area contributed by atoms with Crippen molar-refractivity contribution in [1.29, 1.82) is 0 Å². The van der Waals surface area contributed by atoms with Crippen LogP contribution in [0, 0.1) is 11.8 Å². The monoisotopic (exact) mass is 271 g/mol. The highest BCUT2D eigenvalue weighted by molar-refractivity contribution is 4.87. The summed E-state index contributed by atoms with van der Waals surface area (Å²) in [6, 6.07) is 0.518. The van der Waals surface area contributed by atoms with E-state index in [2.05, 4.69) is 33.0 Å². The molecule has 4 atom stereocenters. The molecule has 1 N–H and O–H groups in total. The van der Waals surface area contributed by atoms with Crippen molar-refractivity contribution in [2.75, 3.05) is 19.8 Å². The lowest BCUT2D eigenvalue weighted by Gasteiger charge is -2.39. The van der Waals surface area contributed by atoms with Gasteiger partial charge in [-0.3, -0.25) is 0 Å². The second-order valence-corrected chi connectivity index (χ2v) is 6.13. The molecular weight excluding hydrogens is 238 g/mol. The standard InChI is InChI=1S/C16H33NO2/c1-6-17-15-9-8-14(12(3)4)10-16(15)19-13(5)11-18-7-2/h12-17H,6-11H2,1-5H3. The largest absolute Gasteiger partial charge is 0.379 e. The van der Waals surface area contributed by atoms with Gasteiger partial charge in [-0.2, -0.15) is 0 Å². The Morgan fingerprint density at radius 2 is 1.89 bits per heavy atom. The van der Waals surface area contributed by atoms with Gasteiger partial charge >= 0.3 is 0 Å². The van der Waals surface area contributed by atoms with Crippen molar-refractivity contribution >= 4 is 0 Å². The number of likely N-dealkylation sites (N-methyl/N-ethyl adjacent to an activating group) is 1. The molecule has 1 fully saturated rings. The molecule has 1 aliphatic carbocycles. The molecule has 0 amide bonds. The topological polar surface area (TPSA) is 30.5 Å². The first-order chi connectivity index (χ1) is 9.08. The van der Waals surface area contributed by atoms with Crippen LogP contribution in [0.1, 0.15) is 53.9 Å². The Balaban J connectivity index is 2.50. The maximum Gasteiger partial charge on any atom is 0.0785 e. The highest BCUT2D eigenvalue weighted by atomic mass is 16.5. The molecule has 0 saturated heterocycles. The van der Waals surface area contributed by atoms with Crippen LogP contribution in [-0.4, -0.2) is 38.0 Å². The van der Waals surface area contributed by atoms with E-state index in [1.807, 2.05) is 6.92 Å². The van der Waals surface area contributed by atoms with E-state index >= 15 is 0 Å². The summed E-state index contributed by atoms with van der Waals surface area (Å²) in [5.74, 6) is 1.56. The van der Waals surface area contributed by atoms with Gasteiger partial charge in [-0.1, -0.05) is 20.8 Å². The van der Waals surface area contributed by atoms with Crippen LogP contribution >= 0.6 is 0 Å². The van der Waals surface area contributed by atoms with Crippen molar-refractivity contribution in [2.45, 2.75) is 72.1 Å². The Morgan fingerprint density at radius 3 is 2.47 bits per heavy atom. The minimum Gasteiger partial charge on any atom is -0.379 e. The number of hydrogen-bond donors (Lipinski definition) is 1. The SMILES string of the molecule is CCNC1CCC(C(C)C)CC1OC(C)COCC. The molecule has 0 heterocycles. The zero-order chi connectivity index (χ0) is 14.3. The molecule has 19 heavy (non-hydrogen) atoms. The van der Waals surface area contributed by atoms with Crippen molar-refractivity contribution in [2.24, 2.45) is 11.8 Å². The van der Waals surface area contributed by atoms with Crippen LogP contribution in [0.2, 0.25) is 0 Å². The summed E-state index contributed by atoms with van der Waals surface area (Å²) in [6.45, 7) is 13.5. The van der Waals surface area contributed by atoms with Crippen molar-refractivity contribution in [3.05, 3.63) is 0 Å². The quantitative estimate of drug-likeness (QED) is 0.735. The minimum atomic E-state index is 0.192. The molecule has 3 heteroatoms. The van der Waals surface area contributed by atoms with Crippen molar-refractivity contribution in [3.8, 4) is 0 Å². The average Bonchev–Trinajstić information content (AvgIpc) is 2.38. The number of nitrogens with one attached hydrogen (secondary N) is 1. The molecule has 0 aromatic heterocycles. The van der Waals surface area contributed by atoms with Gasteiger partial charge in [0.1, 0.15) is 0 Å². The summed E-state index contributed by atoms with van der Waals surface area (Å²) in [5.41, 5.74) is 0. The fraction of sp³-hybridized carbons (Fsp3) is 1.00. The highest BCUT2D eigenvalue weighted by Crippen LogP contribution is 2.32. The van der Waals surface area contributed by atoms with Gasteiger partial charge in [-0.15, -0.1) is 0 Å². The zero-order valence-electron chi connectivity index (χ0n) is 13.4. The Bertz CT molecular complexity index is 233. The van der Waals surface area contributed by atoms with E-state index in [0.29, 0.717) is 18.8 Å². The summed E-state index contributed by atoms with van der Waals surface area (Å²) in [5, 5.41) is 3.59. The summed E-state index contributed by atoms with van der Waals surface area (Å²) < 4.78 is 11.7. The molecule has 0 aromatic rings. The van der Waals surface area contributed by atoms with Crippen molar-refractivity contribution < 1.29 is 9.47 Å². The lowest BCUT2D eigenvalue weighted by molar-refractivity contribution is -0.0816. The second-order valence-electron chi connectivity index (χ2n) is 6.13. The number of ether oxygens (including phenoxy) is 2.